The van der Waals surface area contributed by atoms with E-state index in [0.717, 1.165) is 33.6 Å². The number of ether oxygens (including phenoxy) is 1. The zero-order chi connectivity index (χ0) is 16.6. The third-order valence-corrected chi connectivity index (χ3v) is 4.18. The minimum absolute atomic E-state index is 0.249. The first kappa shape index (κ1) is 16.3. The number of H-pyrrole nitrogens is 1. The topological polar surface area (TPSA) is 74.3 Å². The highest BCUT2D eigenvalue weighted by Gasteiger charge is 2.27. The van der Waals surface area contributed by atoms with Crippen LogP contribution < -0.4 is 4.90 Å². The molecular weight excluding hydrogens is 409 g/mol. The van der Waals surface area contributed by atoms with Crippen molar-refractivity contribution in [3.63, 3.8) is 0 Å². The van der Waals surface area contributed by atoms with Gasteiger partial charge in [0, 0.05) is 26.2 Å². The Morgan fingerprint density at radius 3 is 2.61 bits per heavy atom. The molecule has 1 amide bonds. The summed E-state index contributed by atoms with van der Waals surface area (Å²) in [6.07, 6.45) is 1.32. The SMILES string of the molecule is CC(C)(C)OC(=O)N1CCN(c2ncnc3[nH]c(I)cc23)CC1. The maximum Gasteiger partial charge on any atom is 0.410 e. The molecule has 1 fully saturated rings. The first-order valence-corrected chi connectivity index (χ1v) is 8.63. The lowest BCUT2D eigenvalue weighted by molar-refractivity contribution is 0.0240. The van der Waals surface area contributed by atoms with Gasteiger partial charge in [0.05, 0.1) is 9.09 Å². The first-order valence-electron chi connectivity index (χ1n) is 7.55. The molecule has 1 N–H and O–H groups in total. The first-order chi connectivity index (χ1) is 10.8. The Labute approximate surface area is 148 Å². The second-order valence-corrected chi connectivity index (χ2v) is 7.69. The summed E-state index contributed by atoms with van der Waals surface area (Å²) in [6, 6.07) is 2.05. The van der Waals surface area contributed by atoms with E-state index < -0.39 is 5.60 Å². The molecule has 23 heavy (non-hydrogen) atoms. The third kappa shape index (κ3) is 3.67. The van der Waals surface area contributed by atoms with E-state index in [1.54, 1.807) is 11.2 Å². The largest absolute Gasteiger partial charge is 0.444 e. The zero-order valence-corrected chi connectivity index (χ0v) is 15.6. The molecule has 2 aromatic heterocycles. The van der Waals surface area contributed by atoms with Gasteiger partial charge in [0.15, 0.2) is 0 Å². The van der Waals surface area contributed by atoms with Gasteiger partial charge in [0.25, 0.3) is 0 Å². The number of carbonyl (C=O) groups excluding carboxylic acids is 1. The van der Waals surface area contributed by atoms with E-state index in [0.29, 0.717) is 13.1 Å². The highest BCUT2D eigenvalue weighted by molar-refractivity contribution is 14.1. The number of rotatable bonds is 1. The molecule has 1 saturated heterocycles. The zero-order valence-electron chi connectivity index (χ0n) is 13.5. The van der Waals surface area contributed by atoms with Gasteiger partial charge >= 0.3 is 6.09 Å². The molecule has 0 radical (unpaired) electrons. The Balaban J connectivity index is 1.70. The molecule has 7 nitrogen and oxygen atoms in total. The van der Waals surface area contributed by atoms with Crippen molar-refractivity contribution < 1.29 is 9.53 Å². The Bertz CT molecular complexity index is 716. The number of anilines is 1. The summed E-state index contributed by atoms with van der Waals surface area (Å²) in [4.78, 5) is 28.0. The Morgan fingerprint density at radius 1 is 1.26 bits per heavy atom. The molecule has 3 heterocycles. The van der Waals surface area contributed by atoms with Crippen molar-refractivity contribution in [2.24, 2.45) is 0 Å². The van der Waals surface area contributed by atoms with Crippen LogP contribution in [0.5, 0.6) is 0 Å². The average molecular weight is 429 g/mol. The van der Waals surface area contributed by atoms with E-state index in [9.17, 15) is 4.79 Å². The molecule has 8 heteroatoms. The van der Waals surface area contributed by atoms with Crippen molar-refractivity contribution in [1.29, 1.82) is 0 Å². The molecule has 124 valence electrons. The van der Waals surface area contributed by atoms with Gasteiger partial charge in [-0.25, -0.2) is 14.8 Å². The lowest BCUT2D eigenvalue weighted by Crippen LogP contribution is -2.50. The molecule has 0 aliphatic carbocycles. The van der Waals surface area contributed by atoms with E-state index in [1.807, 2.05) is 26.8 Å². The highest BCUT2D eigenvalue weighted by atomic mass is 127. The van der Waals surface area contributed by atoms with Crippen molar-refractivity contribution in [2.45, 2.75) is 26.4 Å². The fraction of sp³-hybridized carbons (Fsp3) is 0.533. The highest BCUT2D eigenvalue weighted by Crippen LogP contribution is 2.25. The van der Waals surface area contributed by atoms with Gasteiger partial charge in [-0.15, -0.1) is 0 Å². The van der Waals surface area contributed by atoms with Crippen molar-refractivity contribution >= 4 is 45.5 Å². The molecule has 0 unspecified atom stereocenters. The van der Waals surface area contributed by atoms with Gasteiger partial charge < -0.3 is 19.5 Å². The molecule has 0 atom stereocenters. The van der Waals surface area contributed by atoms with Crippen molar-refractivity contribution in [2.75, 3.05) is 31.1 Å². The van der Waals surface area contributed by atoms with Crippen molar-refractivity contribution in [3.8, 4) is 0 Å². The van der Waals surface area contributed by atoms with Crippen molar-refractivity contribution in [1.82, 2.24) is 19.9 Å². The number of aromatic amines is 1. The van der Waals surface area contributed by atoms with Gasteiger partial charge in [0.1, 0.15) is 23.4 Å². The van der Waals surface area contributed by atoms with E-state index >= 15 is 0 Å². The van der Waals surface area contributed by atoms with E-state index in [1.165, 1.54) is 0 Å². The number of piperazine rings is 1. The Morgan fingerprint density at radius 2 is 1.96 bits per heavy atom. The second-order valence-electron chi connectivity index (χ2n) is 6.53. The Kier molecular flexibility index (Phi) is 4.35. The predicted octanol–water partition coefficient (Wildman–Crippen LogP) is 2.62. The number of aromatic nitrogens is 3. The van der Waals surface area contributed by atoms with Crippen LogP contribution >= 0.6 is 22.6 Å². The summed E-state index contributed by atoms with van der Waals surface area (Å²) in [7, 11) is 0. The van der Waals surface area contributed by atoms with Gasteiger partial charge in [-0.05, 0) is 49.4 Å². The average Bonchev–Trinajstić information content (AvgIpc) is 2.85. The fourth-order valence-corrected chi connectivity index (χ4v) is 3.14. The minimum atomic E-state index is -0.463. The smallest absolute Gasteiger partial charge is 0.410 e. The molecule has 1 aliphatic rings. The van der Waals surface area contributed by atoms with E-state index in [4.69, 9.17) is 4.74 Å². The molecule has 0 bridgehead atoms. The summed E-state index contributed by atoms with van der Waals surface area (Å²) in [5.41, 5.74) is 0.378. The quantitative estimate of drug-likeness (QED) is 0.706. The minimum Gasteiger partial charge on any atom is -0.444 e. The number of nitrogens with zero attached hydrogens (tertiary/aromatic N) is 4. The van der Waals surface area contributed by atoms with Crippen LogP contribution in [-0.2, 0) is 4.74 Å². The van der Waals surface area contributed by atoms with Crippen LogP contribution in [0.15, 0.2) is 12.4 Å². The van der Waals surface area contributed by atoms with Crippen LogP contribution in [0.2, 0.25) is 0 Å². The van der Waals surface area contributed by atoms with Crippen LogP contribution in [0, 0.1) is 3.70 Å². The van der Waals surface area contributed by atoms with Gasteiger partial charge in [-0.3, -0.25) is 0 Å². The van der Waals surface area contributed by atoms with Crippen LogP contribution in [-0.4, -0.2) is 57.7 Å². The number of nitrogens with one attached hydrogen (secondary N) is 1. The number of amides is 1. The van der Waals surface area contributed by atoms with E-state index in [2.05, 4.69) is 42.4 Å². The van der Waals surface area contributed by atoms with Crippen LogP contribution in [0.3, 0.4) is 0 Å². The standard InChI is InChI=1S/C15H20IN5O2/c1-15(2,3)23-14(22)21-6-4-20(5-7-21)13-10-8-11(16)19-12(10)17-9-18-13/h8-9H,4-7H2,1-3H3,(H,17,18,19). The lowest BCUT2D eigenvalue weighted by atomic mass is 10.2. The maximum absolute atomic E-state index is 12.1. The molecule has 2 aromatic rings. The van der Waals surface area contributed by atoms with Crippen LogP contribution in [0.25, 0.3) is 11.0 Å². The van der Waals surface area contributed by atoms with Gasteiger partial charge in [-0.2, -0.15) is 0 Å². The third-order valence-electron chi connectivity index (χ3n) is 3.60. The summed E-state index contributed by atoms with van der Waals surface area (Å²) in [5.74, 6) is 0.915. The summed E-state index contributed by atoms with van der Waals surface area (Å²) < 4.78 is 6.46. The van der Waals surface area contributed by atoms with Crippen molar-refractivity contribution in [3.05, 3.63) is 16.1 Å². The number of hydrogen-bond acceptors (Lipinski definition) is 5. The summed E-state index contributed by atoms with van der Waals surface area (Å²) in [5, 5.41) is 1.02. The van der Waals surface area contributed by atoms with Crippen LogP contribution in [0.4, 0.5) is 10.6 Å². The molecule has 0 saturated carbocycles. The lowest BCUT2D eigenvalue weighted by Gasteiger charge is -2.36. The fourth-order valence-electron chi connectivity index (χ4n) is 2.57. The number of fused-ring (bicyclic) bond motifs is 1. The normalized spacial score (nSPS) is 16.0. The number of hydrogen-bond donors (Lipinski definition) is 1. The van der Waals surface area contributed by atoms with Gasteiger partial charge in [-0.1, -0.05) is 0 Å². The Hall–Kier alpha value is -1.58. The van der Waals surface area contributed by atoms with Crippen LogP contribution in [0.1, 0.15) is 20.8 Å². The molecular formula is C15H20IN5O2. The second kappa shape index (κ2) is 6.14. The summed E-state index contributed by atoms with van der Waals surface area (Å²) >= 11 is 2.23. The maximum atomic E-state index is 12.1. The monoisotopic (exact) mass is 429 g/mol. The number of carbonyl (C=O) groups is 1. The molecule has 0 spiro atoms. The molecule has 1 aliphatic heterocycles. The number of halogens is 1. The molecule has 0 aromatic carbocycles. The predicted molar refractivity (Wildman–Crippen MR) is 96.6 cm³/mol. The molecule has 3 rings (SSSR count). The summed E-state index contributed by atoms with van der Waals surface area (Å²) in [6.45, 7) is 8.36. The van der Waals surface area contributed by atoms with E-state index in [-0.39, 0.29) is 6.09 Å². The van der Waals surface area contributed by atoms with Gasteiger partial charge in [0.2, 0.25) is 0 Å².